The summed E-state index contributed by atoms with van der Waals surface area (Å²) in [5.74, 6) is 1.97. The average molecular weight is 399 g/mol. The minimum absolute atomic E-state index is 0.0222. The number of carbonyl (C=O) groups excluding carboxylic acids is 1. The summed E-state index contributed by atoms with van der Waals surface area (Å²) < 4.78 is 26.5. The van der Waals surface area contributed by atoms with E-state index in [4.69, 9.17) is 6.42 Å². The van der Waals surface area contributed by atoms with Crippen LogP contribution in [0.3, 0.4) is 0 Å². The summed E-state index contributed by atoms with van der Waals surface area (Å²) in [7, 11) is -3.68. The predicted octanol–water partition coefficient (Wildman–Crippen LogP) is 3.51. The first kappa shape index (κ1) is 21.7. The molecule has 2 aromatic carbocycles. The monoisotopic (exact) mass is 398 g/mol. The van der Waals surface area contributed by atoms with Crippen LogP contribution in [0.25, 0.3) is 0 Å². The van der Waals surface area contributed by atoms with Crippen LogP contribution in [0.2, 0.25) is 0 Å². The van der Waals surface area contributed by atoms with Gasteiger partial charge in [-0.3, -0.25) is 4.79 Å². The van der Waals surface area contributed by atoms with Crippen molar-refractivity contribution in [3.8, 4) is 12.3 Å². The molecule has 0 radical (unpaired) electrons. The molecule has 28 heavy (non-hydrogen) atoms. The molecule has 0 bridgehead atoms. The lowest BCUT2D eigenvalue weighted by Gasteiger charge is -2.27. The third-order valence-electron chi connectivity index (χ3n) is 4.11. The molecule has 6 heteroatoms. The van der Waals surface area contributed by atoms with Crippen LogP contribution >= 0.6 is 0 Å². The summed E-state index contributed by atoms with van der Waals surface area (Å²) in [4.78, 5) is 12.8. The number of hydrogen-bond acceptors (Lipinski definition) is 3. The van der Waals surface area contributed by atoms with Crippen LogP contribution in [0.15, 0.2) is 59.5 Å². The Morgan fingerprint density at radius 2 is 1.68 bits per heavy atom. The van der Waals surface area contributed by atoms with E-state index in [0.29, 0.717) is 5.56 Å². The minimum Gasteiger partial charge on any atom is -0.345 e. The number of carbonyl (C=O) groups is 1. The molecule has 2 rings (SSSR count). The zero-order valence-corrected chi connectivity index (χ0v) is 17.2. The van der Waals surface area contributed by atoms with E-state index in [1.165, 1.54) is 24.3 Å². The first-order valence-electron chi connectivity index (χ1n) is 9.01. The molecule has 0 saturated carbocycles. The molecule has 1 atom stereocenters. The number of nitrogens with one attached hydrogen (secondary N) is 2. The van der Waals surface area contributed by atoms with Crippen LogP contribution in [0, 0.1) is 17.8 Å². The van der Waals surface area contributed by atoms with Crippen molar-refractivity contribution in [3.05, 3.63) is 65.7 Å². The van der Waals surface area contributed by atoms with E-state index in [9.17, 15) is 13.2 Å². The fourth-order valence-corrected chi connectivity index (χ4v) is 3.73. The summed E-state index contributed by atoms with van der Waals surface area (Å²) in [6, 6.07) is 15.5. The maximum atomic E-state index is 12.7. The van der Waals surface area contributed by atoms with Gasteiger partial charge in [-0.25, -0.2) is 8.42 Å². The fourth-order valence-electron chi connectivity index (χ4n) is 2.80. The highest BCUT2D eigenvalue weighted by molar-refractivity contribution is 7.89. The third kappa shape index (κ3) is 6.22. The van der Waals surface area contributed by atoms with Crippen molar-refractivity contribution in [1.82, 2.24) is 10.0 Å². The Morgan fingerprint density at radius 3 is 2.21 bits per heavy atom. The highest BCUT2D eigenvalue weighted by Crippen LogP contribution is 2.29. The van der Waals surface area contributed by atoms with Gasteiger partial charge in [-0.1, -0.05) is 57.0 Å². The van der Waals surface area contributed by atoms with Crippen LogP contribution in [0.1, 0.15) is 49.2 Å². The third-order valence-corrected chi connectivity index (χ3v) is 5.53. The van der Waals surface area contributed by atoms with E-state index in [1.807, 2.05) is 30.3 Å². The average Bonchev–Trinajstić information content (AvgIpc) is 2.65. The summed E-state index contributed by atoms with van der Waals surface area (Å²) in [5, 5.41) is 3.07. The fraction of sp³-hybridized carbons (Fsp3) is 0.318. The van der Waals surface area contributed by atoms with E-state index >= 15 is 0 Å². The Morgan fingerprint density at radius 1 is 1.07 bits per heavy atom. The predicted molar refractivity (Wildman–Crippen MR) is 111 cm³/mol. The van der Waals surface area contributed by atoms with Gasteiger partial charge < -0.3 is 5.32 Å². The van der Waals surface area contributed by atoms with Gasteiger partial charge in [-0.05, 0) is 41.7 Å². The second-order valence-electron chi connectivity index (χ2n) is 7.75. The highest BCUT2D eigenvalue weighted by atomic mass is 32.2. The first-order chi connectivity index (χ1) is 13.1. The van der Waals surface area contributed by atoms with Crippen molar-refractivity contribution in [2.24, 2.45) is 5.41 Å². The lowest BCUT2D eigenvalue weighted by molar-refractivity contribution is 0.0926. The molecule has 0 aromatic heterocycles. The molecular formula is C22H26N2O3S. The molecule has 0 spiro atoms. The smallest absolute Gasteiger partial charge is 0.251 e. The normalized spacial score (nSPS) is 12.8. The first-order valence-corrected chi connectivity index (χ1v) is 10.5. The van der Waals surface area contributed by atoms with Gasteiger partial charge >= 0.3 is 0 Å². The Labute approximate surface area is 167 Å². The molecule has 5 nitrogen and oxygen atoms in total. The van der Waals surface area contributed by atoms with Crippen molar-refractivity contribution >= 4 is 15.9 Å². The number of rotatable bonds is 7. The van der Waals surface area contributed by atoms with Gasteiger partial charge in [0, 0.05) is 5.56 Å². The van der Waals surface area contributed by atoms with E-state index in [1.54, 1.807) is 0 Å². The summed E-state index contributed by atoms with van der Waals surface area (Å²) >= 11 is 0. The molecule has 0 saturated heterocycles. The Kier molecular flexibility index (Phi) is 7.00. The largest absolute Gasteiger partial charge is 0.345 e. The Bertz CT molecular complexity index is 938. The van der Waals surface area contributed by atoms with Crippen LogP contribution in [-0.4, -0.2) is 20.9 Å². The van der Waals surface area contributed by atoms with Crippen molar-refractivity contribution in [2.45, 2.75) is 38.1 Å². The molecule has 0 aliphatic rings. The molecule has 0 aliphatic heterocycles. The number of sulfonamides is 1. The maximum absolute atomic E-state index is 12.7. The lowest BCUT2D eigenvalue weighted by Crippen LogP contribution is -2.31. The van der Waals surface area contributed by atoms with Gasteiger partial charge in [-0.15, -0.1) is 6.42 Å². The van der Waals surface area contributed by atoms with Crippen molar-refractivity contribution < 1.29 is 13.2 Å². The number of hydrogen-bond donors (Lipinski definition) is 2. The van der Waals surface area contributed by atoms with E-state index in [0.717, 1.165) is 12.0 Å². The van der Waals surface area contributed by atoms with Gasteiger partial charge in [0.25, 0.3) is 5.91 Å². The SMILES string of the molecule is C#CCNS(=O)(=O)c1ccc(C(=O)NC(CC(C)(C)C)c2ccccc2)cc1. The zero-order valence-electron chi connectivity index (χ0n) is 16.4. The van der Waals surface area contributed by atoms with E-state index in [2.05, 4.69) is 36.7 Å². The molecule has 0 aliphatic carbocycles. The van der Waals surface area contributed by atoms with Crippen molar-refractivity contribution in [2.75, 3.05) is 6.54 Å². The standard InChI is InChI=1S/C22H26N2O3S/c1-5-15-23-28(26,27)19-13-11-18(12-14-19)21(25)24-20(16-22(2,3)4)17-9-7-6-8-10-17/h1,6-14,20,23H,15-16H2,2-4H3,(H,24,25). The quantitative estimate of drug-likeness (QED) is 0.701. The molecule has 2 aromatic rings. The van der Waals surface area contributed by atoms with Crippen molar-refractivity contribution in [1.29, 1.82) is 0 Å². The Balaban J connectivity index is 2.18. The number of benzene rings is 2. The van der Waals surface area contributed by atoms with Gasteiger partial charge in [0.1, 0.15) is 0 Å². The molecule has 0 fully saturated rings. The Hall–Kier alpha value is -2.62. The molecule has 0 heterocycles. The summed E-state index contributed by atoms with van der Waals surface area (Å²) in [6.45, 7) is 6.28. The lowest BCUT2D eigenvalue weighted by atomic mass is 9.85. The second-order valence-corrected chi connectivity index (χ2v) is 9.52. The van der Waals surface area contributed by atoms with Gasteiger partial charge in [-0.2, -0.15) is 4.72 Å². The molecular weight excluding hydrogens is 372 g/mol. The maximum Gasteiger partial charge on any atom is 0.251 e. The topological polar surface area (TPSA) is 75.3 Å². The van der Waals surface area contributed by atoms with Crippen molar-refractivity contribution in [3.63, 3.8) is 0 Å². The number of amides is 1. The van der Waals surface area contributed by atoms with Crippen LogP contribution in [-0.2, 0) is 10.0 Å². The van der Waals surface area contributed by atoms with E-state index in [-0.39, 0.29) is 28.8 Å². The van der Waals surface area contributed by atoms with Gasteiger partial charge in [0.05, 0.1) is 17.5 Å². The molecule has 1 unspecified atom stereocenters. The minimum atomic E-state index is -3.68. The molecule has 1 amide bonds. The van der Waals surface area contributed by atoms with Gasteiger partial charge in [0.15, 0.2) is 0 Å². The van der Waals surface area contributed by atoms with Crippen LogP contribution in [0.5, 0.6) is 0 Å². The van der Waals surface area contributed by atoms with E-state index < -0.39 is 10.0 Å². The molecule has 2 N–H and O–H groups in total. The van der Waals surface area contributed by atoms with Gasteiger partial charge in [0.2, 0.25) is 10.0 Å². The highest BCUT2D eigenvalue weighted by Gasteiger charge is 2.22. The summed E-state index contributed by atoms with van der Waals surface area (Å²) in [6.07, 6.45) is 5.85. The van der Waals surface area contributed by atoms with Crippen LogP contribution < -0.4 is 10.0 Å². The summed E-state index contributed by atoms with van der Waals surface area (Å²) in [5.41, 5.74) is 1.45. The zero-order chi connectivity index (χ0) is 20.8. The molecule has 148 valence electrons. The van der Waals surface area contributed by atoms with Crippen LogP contribution in [0.4, 0.5) is 0 Å². The number of terminal acetylenes is 1. The second kappa shape index (κ2) is 9.05.